The first-order valence-electron chi connectivity index (χ1n) is 4.43. The molecule has 0 radical (unpaired) electrons. The van der Waals surface area contributed by atoms with Gasteiger partial charge in [-0.15, -0.1) is 0 Å². The lowest BCUT2D eigenvalue weighted by atomic mass is 10.1. The van der Waals surface area contributed by atoms with Crippen LogP contribution < -0.4 is 5.73 Å². The van der Waals surface area contributed by atoms with Crippen molar-refractivity contribution in [3.63, 3.8) is 0 Å². The molecule has 3 nitrogen and oxygen atoms in total. The number of nitrogens with two attached hydrogens (primary N) is 1. The van der Waals surface area contributed by atoms with Crippen LogP contribution in [0.4, 0.5) is 5.69 Å². The molecular weight excluding hydrogens is 326 g/mol. The molecule has 1 rings (SSSR count). The smallest absolute Gasteiger partial charge is 0.310 e. The fourth-order valence-corrected chi connectivity index (χ4v) is 2.40. The number of anilines is 1. The van der Waals surface area contributed by atoms with E-state index in [1.807, 2.05) is 12.1 Å². The average Bonchev–Trinajstić information content (AvgIpc) is 2.14. The lowest BCUT2D eigenvalue weighted by Crippen LogP contribution is -2.07. The fourth-order valence-electron chi connectivity index (χ4n) is 1.12. The molecule has 0 aliphatic carbocycles. The highest BCUT2D eigenvalue weighted by atomic mass is 79.9. The molecule has 15 heavy (non-hydrogen) atoms. The van der Waals surface area contributed by atoms with E-state index < -0.39 is 0 Å². The van der Waals surface area contributed by atoms with Crippen molar-refractivity contribution < 1.29 is 9.53 Å². The van der Waals surface area contributed by atoms with Crippen molar-refractivity contribution in [1.82, 2.24) is 0 Å². The van der Waals surface area contributed by atoms with Crippen LogP contribution in [0.1, 0.15) is 12.5 Å². The molecule has 0 aromatic heterocycles. The molecule has 0 amide bonds. The molecule has 82 valence electrons. The maximum absolute atomic E-state index is 11.2. The first-order valence-corrected chi connectivity index (χ1v) is 6.02. The molecular formula is C10H11Br2NO2. The SMILES string of the molecule is CCOC(=O)Cc1cc(Br)c(N)c(Br)c1. The number of carbonyl (C=O) groups is 1. The molecule has 0 fully saturated rings. The molecule has 0 saturated heterocycles. The summed E-state index contributed by atoms with van der Waals surface area (Å²) >= 11 is 6.64. The van der Waals surface area contributed by atoms with Gasteiger partial charge < -0.3 is 10.5 Å². The Labute approximate surface area is 105 Å². The van der Waals surface area contributed by atoms with Gasteiger partial charge in [-0.2, -0.15) is 0 Å². The van der Waals surface area contributed by atoms with Crippen LogP contribution in [0.3, 0.4) is 0 Å². The Kier molecular flexibility index (Phi) is 4.60. The summed E-state index contributed by atoms with van der Waals surface area (Å²) < 4.78 is 6.40. The highest BCUT2D eigenvalue weighted by molar-refractivity contribution is 9.11. The van der Waals surface area contributed by atoms with Crippen molar-refractivity contribution in [1.29, 1.82) is 0 Å². The van der Waals surface area contributed by atoms with Gasteiger partial charge in [-0.1, -0.05) is 0 Å². The Morgan fingerprint density at radius 3 is 2.40 bits per heavy atom. The second-order valence-electron chi connectivity index (χ2n) is 2.95. The zero-order chi connectivity index (χ0) is 11.4. The summed E-state index contributed by atoms with van der Waals surface area (Å²) in [7, 11) is 0. The summed E-state index contributed by atoms with van der Waals surface area (Å²) in [6.07, 6.45) is 0.255. The minimum Gasteiger partial charge on any atom is -0.466 e. The molecule has 1 aromatic carbocycles. The summed E-state index contributed by atoms with van der Waals surface area (Å²) in [5.41, 5.74) is 7.22. The number of esters is 1. The topological polar surface area (TPSA) is 52.3 Å². The molecule has 0 aliphatic rings. The highest BCUT2D eigenvalue weighted by Crippen LogP contribution is 2.29. The lowest BCUT2D eigenvalue weighted by molar-refractivity contribution is -0.142. The van der Waals surface area contributed by atoms with Gasteiger partial charge in [-0.05, 0) is 56.5 Å². The Bertz CT molecular complexity index is 357. The van der Waals surface area contributed by atoms with Crippen LogP contribution in [-0.4, -0.2) is 12.6 Å². The third-order valence-electron chi connectivity index (χ3n) is 1.79. The van der Waals surface area contributed by atoms with E-state index >= 15 is 0 Å². The molecule has 0 saturated carbocycles. The second-order valence-corrected chi connectivity index (χ2v) is 4.66. The zero-order valence-electron chi connectivity index (χ0n) is 8.22. The number of hydrogen-bond acceptors (Lipinski definition) is 3. The monoisotopic (exact) mass is 335 g/mol. The van der Waals surface area contributed by atoms with E-state index in [9.17, 15) is 4.79 Å². The molecule has 0 heterocycles. The third-order valence-corrected chi connectivity index (χ3v) is 3.10. The van der Waals surface area contributed by atoms with Crippen molar-refractivity contribution in [3.8, 4) is 0 Å². The van der Waals surface area contributed by atoms with E-state index in [4.69, 9.17) is 10.5 Å². The minimum atomic E-state index is -0.235. The van der Waals surface area contributed by atoms with Crippen molar-refractivity contribution in [2.75, 3.05) is 12.3 Å². The van der Waals surface area contributed by atoms with E-state index in [0.717, 1.165) is 14.5 Å². The van der Waals surface area contributed by atoms with Crippen molar-refractivity contribution in [3.05, 3.63) is 26.6 Å². The van der Waals surface area contributed by atoms with E-state index in [-0.39, 0.29) is 12.4 Å². The van der Waals surface area contributed by atoms with Crippen LogP contribution in [0.2, 0.25) is 0 Å². The van der Waals surface area contributed by atoms with Crippen molar-refractivity contribution >= 4 is 43.5 Å². The number of carbonyl (C=O) groups excluding carboxylic acids is 1. The van der Waals surface area contributed by atoms with Crippen molar-refractivity contribution in [2.24, 2.45) is 0 Å². The van der Waals surface area contributed by atoms with E-state index in [0.29, 0.717) is 12.3 Å². The van der Waals surface area contributed by atoms with Gasteiger partial charge in [0, 0.05) is 8.95 Å². The van der Waals surface area contributed by atoms with Gasteiger partial charge in [0.2, 0.25) is 0 Å². The van der Waals surface area contributed by atoms with Gasteiger partial charge in [-0.25, -0.2) is 0 Å². The van der Waals surface area contributed by atoms with Gasteiger partial charge in [0.25, 0.3) is 0 Å². The maximum Gasteiger partial charge on any atom is 0.310 e. The summed E-state index contributed by atoms with van der Waals surface area (Å²) in [4.78, 5) is 11.2. The highest BCUT2D eigenvalue weighted by Gasteiger charge is 2.08. The largest absolute Gasteiger partial charge is 0.466 e. The van der Waals surface area contributed by atoms with Gasteiger partial charge in [0.15, 0.2) is 0 Å². The van der Waals surface area contributed by atoms with Gasteiger partial charge in [-0.3, -0.25) is 4.79 Å². The minimum absolute atomic E-state index is 0.235. The average molecular weight is 337 g/mol. The van der Waals surface area contributed by atoms with E-state index in [1.54, 1.807) is 6.92 Å². The zero-order valence-corrected chi connectivity index (χ0v) is 11.4. The molecule has 0 aliphatic heterocycles. The first kappa shape index (κ1) is 12.5. The van der Waals surface area contributed by atoms with Gasteiger partial charge in [0.1, 0.15) is 0 Å². The van der Waals surface area contributed by atoms with Crippen LogP contribution in [0.25, 0.3) is 0 Å². The predicted octanol–water partition coefficient (Wildman–Crippen LogP) is 2.90. The summed E-state index contributed by atoms with van der Waals surface area (Å²) in [5, 5.41) is 0. The number of benzene rings is 1. The molecule has 0 atom stereocenters. The molecule has 0 unspecified atom stereocenters. The Balaban J connectivity index is 2.83. The molecule has 2 N–H and O–H groups in total. The van der Waals surface area contributed by atoms with Crippen LogP contribution in [0.15, 0.2) is 21.1 Å². The van der Waals surface area contributed by atoms with Crippen molar-refractivity contribution in [2.45, 2.75) is 13.3 Å². The summed E-state index contributed by atoms with van der Waals surface area (Å²) in [6.45, 7) is 2.18. The van der Waals surface area contributed by atoms with E-state index in [1.165, 1.54) is 0 Å². The fraction of sp³-hybridized carbons (Fsp3) is 0.300. The van der Waals surface area contributed by atoms with Crippen LogP contribution >= 0.6 is 31.9 Å². The van der Waals surface area contributed by atoms with E-state index in [2.05, 4.69) is 31.9 Å². The second kappa shape index (κ2) is 5.51. The predicted molar refractivity (Wildman–Crippen MR) is 66.6 cm³/mol. The summed E-state index contributed by atoms with van der Waals surface area (Å²) in [6, 6.07) is 3.63. The van der Waals surface area contributed by atoms with Crippen LogP contribution in [0, 0.1) is 0 Å². The third kappa shape index (κ3) is 3.50. The Morgan fingerprint density at radius 2 is 1.93 bits per heavy atom. The number of ether oxygens (including phenoxy) is 1. The van der Waals surface area contributed by atoms with Crippen LogP contribution in [0.5, 0.6) is 0 Å². The van der Waals surface area contributed by atoms with Gasteiger partial charge in [0.05, 0.1) is 18.7 Å². The number of rotatable bonds is 3. The standard InChI is InChI=1S/C10H11Br2NO2/c1-2-15-9(14)5-6-3-7(11)10(13)8(12)4-6/h3-4H,2,5,13H2,1H3. The molecule has 0 bridgehead atoms. The molecule has 0 spiro atoms. The molecule has 5 heteroatoms. The Morgan fingerprint density at radius 1 is 1.40 bits per heavy atom. The number of nitrogen functional groups attached to an aromatic ring is 1. The lowest BCUT2D eigenvalue weighted by Gasteiger charge is -2.06. The van der Waals surface area contributed by atoms with Crippen LogP contribution in [-0.2, 0) is 16.0 Å². The quantitative estimate of drug-likeness (QED) is 0.682. The normalized spacial score (nSPS) is 10.1. The van der Waals surface area contributed by atoms with Gasteiger partial charge >= 0.3 is 5.97 Å². The Hall–Kier alpha value is -0.550. The summed E-state index contributed by atoms with van der Waals surface area (Å²) in [5.74, 6) is -0.235. The maximum atomic E-state index is 11.2. The number of halogens is 2. The molecule has 1 aromatic rings. The first-order chi connectivity index (χ1) is 7.04. The number of hydrogen-bond donors (Lipinski definition) is 1.